The van der Waals surface area contributed by atoms with E-state index in [1.165, 1.54) is 0 Å². The fraction of sp³-hybridized carbons (Fsp3) is 0.625. The predicted octanol–water partition coefficient (Wildman–Crippen LogP) is 0.961. The molecule has 0 atom stereocenters. The molecule has 0 unspecified atom stereocenters. The second-order valence-corrected chi connectivity index (χ2v) is 4.06. The van der Waals surface area contributed by atoms with Crippen LogP contribution in [0.1, 0.15) is 18.1 Å². The molecule has 0 fully saturated rings. The summed E-state index contributed by atoms with van der Waals surface area (Å²) in [6.45, 7) is 3.28. The largest absolute Gasteiger partial charge is 0.356 e. The quantitative estimate of drug-likeness (QED) is 0.791. The highest BCUT2D eigenvalue weighted by atomic mass is 32.2. The molecule has 1 aliphatic rings. The normalized spacial score (nSPS) is 16.5. The average molecular weight is 212 g/mol. The van der Waals surface area contributed by atoms with Gasteiger partial charge in [-0.3, -0.25) is 4.99 Å². The van der Waals surface area contributed by atoms with Crippen molar-refractivity contribution >= 4 is 16.9 Å². The van der Waals surface area contributed by atoms with E-state index in [1.54, 1.807) is 18.7 Å². The molecular weight excluding hydrogens is 200 g/mol. The molecule has 0 amide bonds. The molecule has 2 heterocycles. The number of hydrogen-bond donors (Lipinski definition) is 1. The van der Waals surface area contributed by atoms with E-state index in [1.807, 2.05) is 0 Å². The lowest BCUT2D eigenvalue weighted by atomic mass is 10.5. The van der Waals surface area contributed by atoms with Crippen LogP contribution in [0, 0.1) is 6.92 Å². The number of nitrogens with zero attached hydrogens (tertiary/aromatic N) is 3. The summed E-state index contributed by atoms with van der Waals surface area (Å²) in [5.74, 6) is 2.41. The van der Waals surface area contributed by atoms with Crippen molar-refractivity contribution in [3.8, 4) is 0 Å². The fourth-order valence-electron chi connectivity index (χ4n) is 1.13. The van der Waals surface area contributed by atoms with Crippen molar-refractivity contribution in [2.45, 2.75) is 19.9 Å². The van der Waals surface area contributed by atoms with Crippen molar-refractivity contribution in [3.63, 3.8) is 0 Å². The monoisotopic (exact) mass is 212 g/mol. The van der Waals surface area contributed by atoms with E-state index in [9.17, 15) is 0 Å². The summed E-state index contributed by atoms with van der Waals surface area (Å²) in [5.41, 5.74) is 0. The molecular formula is C8H12N4OS. The van der Waals surface area contributed by atoms with Crippen LogP contribution in [0.4, 0.5) is 0 Å². The molecule has 0 bridgehead atoms. The van der Waals surface area contributed by atoms with Crippen LogP contribution in [0.5, 0.6) is 0 Å². The van der Waals surface area contributed by atoms with Gasteiger partial charge in [0.2, 0.25) is 5.89 Å². The third kappa shape index (κ3) is 2.47. The molecule has 1 N–H and O–H groups in total. The van der Waals surface area contributed by atoms with E-state index in [0.717, 1.165) is 23.9 Å². The molecule has 0 saturated heterocycles. The van der Waals surface area contributed by atoms with Crippen molar-refractivity contribution in [3.05, 3.63) is 11.7 Å². The lowest BCUT2D eigenvalue weighted by molar-refractivity contribution is 0.372. The van der Waals surface area contributed by atoms with Crippen molar-refractivity contribution in [2.75, 3.05) is 12.3 Å². The average Bonchev–Trinajstić information content (AvgIpc) is 2.63. The molecule has 0 radical (unpaired) electrons. The van der Waals surface area contributed by atoms with E-state index in [-0.39, 0.29) is 0 Å². The Kier molecular flexibility index (Phi) is 3.03. The second kappa shape index (κ2) is 4.45. The van der Waals surface area contributed by atoms with E-state index < -0.39 is 0 Å². The third-order valence-corrected chi connectivity index (χ3v) is 2.80. The van der Waals surface area contributed by atoms with Crippen molar-refractivity contribution in [2.24, 2.45) is 4.99 Å². The maximum Gasteiger partial charge on any atom is 0.245 e. The highest BCUT2D eigenvalue weighted by molar-refractivity contribution is 8.13. The number of amidine groups is 1. The number of nitrogens with one attached hydrogen (secondary N) is 1. The summed E-state index contributed by atoms with van der Waals surface area (Å²) in [6.07, 6.45) is 1.16. The summed E-state index contributed by atoms with van der Waals surface area (Å²) in [5, 5.41) is 7.85. The zero-order valence-corrected chi connectivity index (χ0v) is 8.80. The summed E-state index contributed by atoms with van der Waals surface area (Å²) in [6, 6.07) is 0. The number of aromatic nitrogens is 2. The first-order valence-electron chi connectivity index (χ1n) is 4.55. The third-order valence-electron chi connectivity index (χ3n) is 1.76. The molecule has 0 aliphatic carbocycles. The number of thioether (sulfide) groups is 1. The lowest BCUT2D eigenvalue weighted by Crippen LogP contribution is -2.23. The summed E-state index contributed by atoms with van der Waals surface area (Å²) >= 11 is 1.74. The first-order chi connectivity index (χ1) is 6.84. The van der Waals surface area contributed by atoms with Gasteiger partial charge in [-0.05, 0) is 13.3 Å². The van der Waals surface area contributed by atoms with Gasteiger partial charge in [-0.25, -0.2) is 0 Å². The smallest absolute Gasteiger partial charge is 0.245 e. The SMILES string of the molecule is Cc1noc(CNC2=NCCCS2)n1. The minimum Gasteiger partial charge on any atom is -0.356 e. The Labute approximate surface area is 86.4 Å². The van der Waals surface area contributed by atoms with E-state index in [0.29, 0.717) is 18.3 Å². The standard InChI is InChI=1S/C8H12N4OS/c1-6-11-7(13-12-6)5-10-8-9-3-2-4-14-8/h2-5H2,1H3,(H,9,10). The van der Waals surface area contributed by atoms with Crippen LogP contribution < -0.4 is 5.32 Å². The highest BCUT2D eigenvalue weighted by Gasteiger charge is 2.07. The molecule has 6 heteroatoms. The summed E-state index contributed by atoms with van der Waals surface area (Å²) in [7, 11) is 0. The minimum atomic E-state index is 0.562. The van der Waals surface area contributed by atoms with Gasteiger partial charge in [0.25, 0.3) is 0 Å². The molecule has 0 spiro atoms. The van der Waals surface area contributed by atoms with Crippen LogP contribution in [-0.2, 0) is 6.54 Å². The zero-order valence-electron chi connectivity index (χ0n) is 7.99. The van der Waals surface area contributed by atoms with E-state index in [4.69, 9.17) is 4.52 Å². The number of aryl methyl sites for hydroxylation is 1. The maximum absolute atomic E-state index is 4.97. The van der Waals surface area contributed by atoms with Crippen LogP contribution >= 0.6 is 11.8 Å². The van der Waals surface area contributed by atoms with Gasteiger partial charge in [0.05, 0.1) is 6.54 Å². The van der Waals surface area contributed by atoms with Crippen molar-refractivity contribution in [1.29, 1.82) is 0 Å². The molecule has 1 aromatic heterocycles. The van der Waals surface area contributed by atoms with Gasteiger partial charge in [0.1, 0.15) is 0 Å². The van der Waals surface area contributed by atoms with Crippen LogP contribution in [0.3, 0.4) is 0 Å². The Balaban J connectivity index is 1.84. The molecule has 14 heavy (non-hydrogen) atoms. The number of rotatable bonds is 2. The predicted molar refractivity (Wildman–Crippen MR) is 55.3 cm³/mol. The van der Waals surface area contributed by atoms with E-state index in [2.05, 4.69) is 20.4 Å². The summed E-state index contributed by atoms with van der Waals surface area (Å²) < 4.78 is 4.97. The molecule has 1 aliphatic heterocycles. The molecule has 5 nitrogen and oxygen atoms in total. The minimum absolute atomic E-state index is 0.562. The Morgan fingerprint density at radius 2 is 2.50 bits per heavy atom. The van der Waals surface area contributed by atoms with Crippen LogP contribution in [0.15, 0.2) is 9.52 Å². The second-order valence-electron chi connectivity index (χ2n) is 2.98. The maximum atomic E-state index is 4.97. The van der Waals surface area contributed by atoms with Crippen molar-refractivity contribution in [1.82, 2.24) is 15.5 Å². The van der Waals surface area contributed by atoms with Crippen LogP contribution in [-0.4, -0.2) is 27.6 Å². The van der Waals surface area contributed by atoms with Gasteiger partial charge in [-0.15, -0.1) is 0 Å². The molecule has 2 rings (SSSR count). The molecule has 76 valence electrons. The highest BCUT2D eigenvalue weighted by Crippen LogP contribution is 2.10. The Morgan fingerprint density at radius 1 is 1.57 bits per heavy atom. The first kappa shape index (κ1) is 9.51. The number of hydrogen-bond acceptors (Lipinski definition) is 6. The van der Waals surface area contributed by atoms with Gasteiger partial charge < -0.3 is 9.84 Å². The van der Waals surface area contributed by atoms with Gasteiger partial charge >= 0.3 is 0 Å². The van der Waals surface area contributed by atoms with E-state index >= 15 is 0 Å². The topological polar surface area (TPSA) is 63.3 Å². The van der Waals surface area contributed by atoms with Gasteiger partial charge in [-0.1, -0.05) is 16.9 Å². The number of aliphatic imine (C=N–C) groups is 1. The Bertz CT molecular complexity index is 336. The molecule has 1 aromatic rings. The fourth-order valence-corrected chi connectivity index (χ4v) is 1.95. The van der Waals surface area contributed by atoms with Crippen LogP contribution in [0.25, 0.3) is 0 Å². The van der Waals surface area contributed by atoms with Crippen LogP contribution in [0.2, 0.25) is 0 Å². The Hall–Kier alpha value is -1.04. The molecule has 0 aromatic carbocycles. The summed E-state index contributed by atoms with van der Waals surface area (Å²) in [4.78, 5) is 8.42. The lowest BCUT2D eigenvalue weighted by Gasteiger charge is -2.11. The molecule has 0 saturated carbocycles. The van der Waals surface area contributed by atoms with Crippen molar-refractivity contribution < 1.29 is 4.52 Å². The zero-order chi connectivity index (χ0) is 9.80. The Morgan fingerprint density at radius 3 is 3.14 bits per heavy atom. The van der Waals surface area contributed by atoms with Gasteiger partial charge in [0, 0.05) is 12.3 Å². The first-order valence-corrected chi connectivity index (χ1v) is 5.53. The van der Waals surface area contributed by atoms with Gasteiger partial charge in [0.15, 0.2) is 11.0 Å². The van der Waals surface area contributed by atoms with Gasteiger partial charge in [-0.2, -0.15) is 4.98 Å².